The maximum Gasteiger partial charge on any atom is 0.172 e. The number of hydrogen-bond donors (Lipinski definition) is 6. The molecule has 10 nitrogen and oxygen atoms in total. The summed E-state index contributed by atoms with van der Waals surface area (Å²) in [6.07, 6.45) is 11.6. The van der Waals surface area contributed by atoms with E-state index in [9.17, 15) is 20.4 Å². The molecule has 360 valence electrons. The van der Waals surface area contributed by atoms with Gasteiger partial charge in [-0.15, -0.1) is 35.8 Å². The highest BCUT2D eigenvalue weighted by molar-refractivity contribution is 7.11. The Morgan fingerprint density at radius 3 is 1.36 bits per heavy atom. The van der Waals surface area contributed by atoms with Crippen LogP contribution in [0.3, 0.4) is 0 Å². The third kappa shape index (κ3) is 8.70. The topological polar surface area (TPSA) is 142 Å². The number of allylic oxidation sites excluding steroid dienone is 2. The molecule has 0 saturated heterocycles. The Bertz CT molecular complexity index is 3010. The molecule has 10 rings (SSSR count). The van der Waals surface area contributed by atoms with Crippen LogP contribution in [0.15, 0.2) is 109 Å². The number of benzene rings is 4. The van der Waals surface area contributed by atoms with Gasteiger partial charge in [-0.2, -0.15) is 0 Å². The second-order valence-corrected chi connectivity index (χ2v) is 20.8. The van der Waals surface area contributed by atoms with Gasteiger partial charge in [0.15, 0.2) is 23.0 Å². The number of phenolic OH excluding ortho intramolecular Hbond substituents is 2. The third-order valence-corrected chi connectivity index (χ3v) is 14.6. The van der Waals surface area contributed by atoms with Gasteiger partial charge in [0.1, 0.15) is 23.0 Å². The number of methoxy groups -OCH3 is 2. The van der Waals surface area contributed by atoms with Gasteiger partial charge in [-0.05, 0) is 148 Å². The van der Waals surface area contributed by atoms with Gasteiger partial charge < -0.3 is 50.0 Å². The van der Waals surface area contributed by atoms with Crippen molar-refractivity contribution < 1.29 is 39.4 Å². The second kappa shape index (κ2) is 18.7. The van der Waals surface area contributed by atoms with E-state index in [0.717, 1.165) is 87.9 Å². The van der Waals surface area contributed by atoms with Crippen LogP contribution in [0.1, 0.15) is 110 Å². The first kappa shape index (κ1) is 48.1. The van der Waals surface area contributed by atoms with Crippen LogP contribution >= 0.6 is 22.7 Å². The van der Waals surface area contributed by atoms with E-state index < -0.39 is 12.2 Å². The summed E-state index contributed by atoms with van der Waals surface area (Å²) in [5, 5.41) is 53.6. The summed E-state index contributed by atoms with van der Waals surface area (Å²) in [7, 11) is 3.10. The predicted octanol–water partition coefficient (Wildman–Crippen LogP) is 14.5. The van der Waals surface area contributed by atoms with Crippen molar-refractivity contribution in [2.24, 2.45) is 0 Å². The van der Waals surface area contributed by atoms with Crippen LogP contribution < -0.4 is 29.6 Å². The van der Waals surface area contributed by atoms with Crippen LogP contribution in [0.4, 0.5) is 11.4 Å². The fourth-order valence-corrected chi connectivity index (χ4v) is 11.9. The minimum atomic E-state index is -0.633. The molecule has 12 heteroatoms. The zero-order chi connectivity index (χ0) is 49.8. The van der Waals surface area contributed by atoms with Gasteiger partial charge in [0.25, 0.3) is 0 Å². The Hall–Kier alpha value is -6.96. The average molecular weight is 975 g/mol. The summed E-state index contributed by atoms with van der Waals surface area (Å²) >= 11 is 3.11. The van der Waals surface area contributed by atoms with Crippen molar-refractivity contribution in [1.29, 1.82) is 0 Å². The van der Waals surface area contributed by atoms with E-state index in [-0.39, 0.29) is 22.6 Å². The van der Waals surface area contributed by atoms with Gasteiger partial charge in [0.2, 0.25) is 0 Å². The van der Waals surface area contributed by atoms with E-state index in [2.05, 4.69) is 102 Å². The lowest BCUT2D eigenvalue weighted by atomic mass is 9.83. The van der Waals surface area contributed by atoms with Gasteiger partial charge in [-0.3, -0.25) is 0 Å². The molecule has 0 amide bonds. The molecule has 6 N–H and O–H groups in total. The number of thiophene rings is 2. The zero-order valence-corrected chi connectivity index (χ0v) is 42.2. The van der Waals surface area contributed by atoms with Crippen LogP contribution in [0.5, 0.6) is 34.5 Å². The Labute approximate surface area is 417 Å². The molecule has 0 unspecified atom stereocenters. The third-order valence-electron chi connectivity index (χ3n) is 12.8. The van der Waals surface area contributed by atoms with E-state index in [4.69, 9.17) is 18.9 Å². The first-order valence-electron chi connectivity index (χ1n) is 23.1. The lowest BCUT2D eigenvalue weighted by Gasteiger charge is -2.35. The number of aliphatic hydroxyl groups is 2. The molecular weight excluding hydrogens is 917 g/mol. The quantitative estimate of drug-likeness (QED) is 0.0735. The summed E-state index contributed by atoms with van der Waals surface area (Å²) in [5.74, 6) is 3.46. The summed E-state index contributed by atoms with van der Waals surface area (Å²) in [6, 6.07) is 18.8. The Morgan fingerprint density at radius 2 is 0.986 bits per heavy atom. The summed E-state index contributed by atoms with van der Waals surface area (Å²) in [4.78, 5) is 1.86. The minimum Gasteiger partial charge on any atom is -0.504 e. The average Bonchev–Trinajstić information content (AvgIpc) is 3.98. The highest BCUT2D eigenvalue weighted by Gasteiger charge is 2.36. The standard InChI is InChI=1S/2C29H29NO4S/c2*1-6-7-20(31)17-12-13-35-24(17)14-23-26-18(27-22(34-23)11-10-21(32)28(27)33-5)8-9-19-25(26)16(2)15-29(3,4)30-19/h2*6,8-15,20,30-32H,1,7H2,2-5H3/b2*23-14-/t2*20-/m10/s1. The highest BCUT2D eigenvalue weighted by Crippen LogP contribution is 2.56. The van der Waals surface area contributed by atoms with Crippen molar-refractivity contribution in [2.75, 3.05) is 24.9 Å². The SMILES string of the molecule is C=CC[C@@H](O)c1ccsc1/C=C1\Oc2ccc(O)c(OC)c2-c2ccc3c(c21)C(C)=CC(C)(C)N3.C=CC[C@H](O)c1ccsc1/C=C1\Oc2ccc(O)c(OC)c2-c2ccc3c(c21)C(C)=CC(C)(C)N3. The molecule has 2 aromatic heterocycles. The molecule has 70 heavy (non-hydrogen) atoms. The largest absolute Gasteiger partial charge is 0.504 e. The van der Waals surface area contributed by atoms with Gasteiger partial charge in [-0.1, -0.05) is 36.4 Å². The van der Waals surface area contributed by atoms with E-state index in [1.165, 1.54) is 0 Å². The molecule has 4 aliphatic heterocycles. The lowest BCUT2D eigenvalue weighted by Crippen LogP contribution is -2.32. The number of rotatable bonds is 10. The van der Waals surface area contributed by atoms with E-state index in [0.29, 0.717) is 47.4 Å². The second-order valence-electron chi connectivity index (χ2n) is 18.9. The number of aromatic hydroxyl groups is 2. The first-order chi connectivity index (χ1) is 33.5. The molecule has 6 aromatic rings. The molecule has 0 radical (unpaired) electrons. The summed E-state index contributed by atoms with van der Waals surface area (Å²) in [5.41, 5.74) is 12.9. The van der Waals surface area contributed by atoms with Crippen LogP contribution in [-0.2, 0) is 0 Å². The first-order valence-corrected chi connectivity index (χ1v) is 24.9. The van der Waals surface area contributed by atoms with Crippen molar-refractivity contribution in [2.45, 2.75) is 77.7 Å². The highest BCUT2D eigenvalue weighted by atomic mass is 32.1. The molecule has 2 atom stereocenters. The molecule has 0 fully saturated rings. The van der Waals surface area contributed by atoms with Crippen LogP contribution in [-0.4, -0.2) is 45.7 Å². The van der Waals surface area contributed by atoms with Gasteiger partial charge in [-0.25, -0.2) is 0 Å². The minimum absolute atomic E-state index is 0.0607. The van der Waals surface area contributed by atoms with Crippen molar-refractivity contribution in [3.8, 4) is 56.8 Å². The molecule has 0 aliphatic carbocycles. The smallest absolute Gasteiger partial charge is 0.172 e. The Balaban J connectivity index is 0.000000174. The molecule has 0 bridgehead atoms. The number of ether oxygens (including phenoxy) is 4. The Morgan fingerprint density at radius 1 is 0.586 bits per heavy atom. The normalized spacial score (nSPS) is 17.3. The molecule has 0 saturated carbocycles. The molecule has 4 aliphatic rings. The number of hydrogen-bond acceptors (Lipinski definition) is 12. The Kier molecular flexibility index (Phi) is 12.9. The molecule has 6 heterocycles. The summed E-state index contributed by atoms with van der Waals surface area (Å²) in [6.45, 7) is 20.3. The number of anilines is 2. The zero-order valence-electron chi connectivity index (χ0n) is 40.6. The van der Waals surface area contributed by atoms with Crippen molar-refractivity contribution in [1.82, 2.24) is 0 Å². The van der Waals surface area contributed by atoms with Crippen LogP contribution in [0.2, 0.25) is 0 Å². The maximum atomic E-state index is 10.7. The fraction of sp³-hybridized carbons (Fsp3) is 0.241. The molecule has 4 aromatic carbocycles. The van der Waals surface area contributed by atoms with Crippen LogP contribution in [0.25, 0.3) is 57.1 Å². The van der Waals surface area contributed by atoms with E-state index in [1.807, 2.05) is 35.0 Å². The van der Waals surface area contributed by atoms with E-state index >= 15 is 0 Å². The number of fused-ring (bicyclic) bond motifs is 10. The van der Waals surface area contributed by atoms with Gasteiger partial charge in [0, 0.05) is 54.5 Å². The van der Waals surface area contributed by atoms with Gasteiger partial charge in [0.05, 0.1) is 48.6 Å². The number of nitrogens with one attached hydrogen (secondary N) is 2. The van der Waals surface area contributed by atoms with Crippen molar-refractivity contribution in [3.05, 3.63) is 152 Å². The number of aliphatic hydroxyl groups excluding tert-OH is 2. The predicted molar refractivity (Wildman–Crippen MR) is 288 cm³/mol. The molecular formula is C58H58N2O8S2. The van der Waals surface area contributed by atoms with Gasteiger partial charge >= 0.3 is 0 Å². The maximum absolute atomic E-state index is 10.7. The fourth-order valence-electron chi connectivity index (χ4n) is 10.2. The monoisotopic (exact) mass is 974 g/mol. The van der Waals surface area contributed by atoms with Crippen molar-refractivity contribution in [3.63, 3.8) is 0 Å². The molecule has 0 spiro atoms. The van der Waals surface area contributed by atoms with Crippen LogP contribution in [0, 0.1) is 0 Å². The summed E-state index contributed by atoms with van der Waals surface area (Å²) < 4.78 is 24.2. The number of phenols is 2. The lowest BCUT2D eigenvalue weighted by molar-refractivity contribution is 0.181. The van der Waals surface area contributed by atoms with Crippen molar-refractivity contribution >= 4 is 68.9 Å². The van der Waals surface area contributed by atoms with E-state index in [1.54, 1.807) is 73.3 Å².